The van der Waals surface area contributed by atoms with E-state index in [0.29, 0.717) is 5.01 Å². The molecule has 10 heavy (non-hydrogen) atoms. The maximum atomic E-state index is 10.6. The van der Waals surface area contributed by atoms with Gasteiger partial charge in [-0.05, 0) is 0 Å². The van der Waals surface area contributed by atoms with Gasteiger partial charge in [0.1, 0.15) is 0 Å². The monoisotopic (exact) mass is 141 g/mol. The topological polar surface area (TPSA) is 66.5 Å². The molecule has 53 valence electrons. The molecule has 0 aliphatic carbocycles. The van der Waals surface area contributed by atoms with E-state index in [9.17, 15) is 14.4 Å². The first kappa shape index (κ1) is 6.73. The van der Waals surface area contributed by atoms with E-state index in [1.807, 2.05) is 5.43 Å². The number of hydrazine groups is 1. The molecule has 0 unspecified atom stereocenters. The quantitative estimate of drug-likeness (QED) is 0.384. The van der Waals surface area contributed by atoms with Crippen molar-refractivity contribution in [1.82, 2.24) is 10.4 Å². The average Bonchev–Trinajstić information content (AvgIpc) is 2.20. The van der Waals surface area contributed by atoms with Gasteiger partial charge in [-0.15, -0.1) is 0 Å². The van der Waals surface area contributed by atoms with E-state index in [1.165, 1.54) is 6.41 Å². The van der Waals surface area contributed by atoms with Crippen LogP contribution in [0.4, 0.5) is 0 Å². The Balaban J connectivity index is 2.62. The SMILES string of the molecule is O=[C]NN1C(=O)CCC1=O. The molecule has 0 spiro atoms. The molecule has 0 bridgehead atoms. The second-order valence-corrected chi connectivity index (χ2v) is 1.84. The van der Waals surface area contributed by atoms with Crippen molar-refractivity contribution in [2.24, 2.45) is 0 Å². The lowest BCUT2D eigenvalue weighted by molar-refractivity contribution is -0.140. The maximum Gasteiger partial charge on any atom is 0.330 e. The van der Waals surface area contributed by atoms with Crippen molar-refractivity contribution in [2.45, 2.75) is 12.8 Å². The van der Waals surface area contributed by atoms with Gasteiger partial charge in [-0.3, -0.25) is 14.4 Å². The van der Waals surface area contributed by atoms with E-state index in [2.05, 4.69) is 0 Å². The van der Waals surface area contributed by atoms with Gasteiger partial charge in [0, 0.05) is 12.8 Å². The Morgan fingerprint density at radius 1 is 1.30 bits per heavy atom. The first-order valence-corrected chi connectivity index (χ1v) is 2.74. The van der Waals surface area contributed by atoms with Gasteiger partial charge in [0.05, 0.1) is 0 Å². The third-order valence-corrected chi connectivity index (χ3v) is 1.21. The predicted molar refractivity (Wildman–Crippen MR) is 29.9 cm³/mol. The highest BCUT2D eigenvalue weighted by atomic mass is 16.2. The minimum Gasteiger partial charge on any atom is -0.273 e. The smallest absolute Gasteiger partial charge is 0.273 e. The molecule has 1 aliphatic rings. The first-order valence-electron chi connectivity index (χ1n) is 2.74. The number of amides is 3. The van der Waals surface area contributed by atoms with Gasteiger partial charge in [-0.2, -0.15) is 5.01 Å². The Labute approximate surface area is 57.0 Å². The molecule has 5 heteroatoms. The van der Waals surface area contributed by atoms with E-state index < -0.39 is 0 Å². The molecule has 0 atom stereocenters. The van der Waals surface area contributed by atoms with Crippen LogP contribution >= 0.6 is 0 Å². The van der Waals surface area contributed by atoms with Gasteiger partial charge in [0.15, 0.2) is 0 Å². The van der Waals surface area contributed by atoms with Crippen LogP contribution in [0.25, 0.3) is 0 Å². The fourth-order valence-corrected chi connectivity index (χ4v) is 0.747. The summed E-state index contributed by atoms with van der Waals surface area (Å²) >= 11 is 0. The molecule has 1 radical (unpaired) electrons. The summed E-state index contributed by atoms with van der Waals surface area (Å²) in [6, 6.07) is 0. The number of hydrogen-bond acceptors (Lipinski definition) is 3. The Hall–Kier alpha value is -1.39. The fourth-order valence-electron chi connectivity index (χ4n) is 0.747. The van der Waals surface area contributed by atoms with Gasteiger partial charge >= 0.3 is 6.41 Å². The van der Waals surface area contributed by atoms with Gasteiger partial charge in [0.2, 0.25) is 11.8 Å². The molecule has 1 fully saturated rings. The van der Waals surface area contributed by atoms with Crippen LogP contribution in [0.2, 0.25) is 0 Å². The van der Waals surface area contributed by atoms with Crippen LogP contribution in [0.1, 0.15) is 12.8 Å². The van der Waals surface area contributed by atoms with Crippen molar-refractivity contribution in [3.05, 3.63) is 0 Å². The number of carbonyl (C=O) groups excluding carboxylic acids is 3. The molecule has 1 heterocycles. The van der Waals surface area contributed by atoms with Gasteiger partial charge in [-0.25, -0.2) is 5.43 Å². The van der Waals surface area contributed by atoms with Gasteiger partial charge < -0.3 is 0 Å². The molecular weight excluding hydrogens is 136 g/mol. The number of rotatable bonds is 2. The number of carbonyl (C=O) groups is 2. The number of nitrogens with zero attached hydrogens (tertiary/aromatic N) is 1. The fraction of sp³-hybridized carbons (Fsp3) is 0.400. The van der Waals surface area contributed by atoms with Gasteiger partial charge in [-0.1, -0.05) is 0 Å². The molecule has 1 rings (SSSR count). The number of nitrogens with one attached hydrogen (secondary N) is 1. The first-order chi connectivity index (χ1) is 4.75. The summed E-state index contributed by atoms with van der Waals surface area (Å²) in [6.45, 7) is 0. The highest BCUT2D eigenvalue weighted by molar-refractivity contribution is 6.02. The third-order valence-electron chi connectivity index (χ3n) is 1.21. The summed E-state index contributed by atoms with van der Waals surface area (Å²) in [5.74, 6) is -0.762. The highest BCUT2D eigenvalue weighted by Gasteiger charge is 2.28. The van der Waals surface area contributed by atoms with E-state index in [1.54, 1.807) is 0 Å². The molecular formula is C5H5N2O3. The third kappa shape index (κ3) is 0.975. The summed E-state index contributed by atoms with van der Waals surface area (Å²) in [4.78, 5) is 30.9. The zero-order valence-corrected chi connectivity index (χ0v) is 5.09. The van der Waals surface area contributed by atoms with Crippen molar-refractivity contribution in [3.8, 4) is 0 Å². The minimum atomic E-state index is -0.381. The Bertz CT molecular complexity index is 173. The average molecular weight is 141 g/mol. The standard InChI is InChI=1S/C5H5N2O3/c8-3-6-7-4(9)1-2-5(7)10/h1-2H2,(H,6,8). The van der Waals surface area contributed by atoms with Crippen molar-refractivity contribution in [1.29, 1.82) is 0 Å². The van der Waals surface area contributed by atoms with Crippen LogP contribution in [-0.2, 0) is 14.4 Å². The van der Waals surface area contributed by atoms with Crippen LogP contribution < -0.4 is 5.43 Å². The molecule has 0 saturated carbocycles. The van der Waals surface area contributed by atoms with Crippen molar-refractivity contribution in [3.63, 3.8) is 0 Å². The van der Waals surface area contributed by atoms with Crippen molar-refractivity contribution in [2.75, 3.05) is 0 Å². The molecule has 1 aliphatic heterocycles. The zero-order valence-electron chi connectivity index (χ0n) is 5.09. The lowest BCUT2D eigenvalue weighted by atomic mass is 10.4. The lowest BCUT2D eigenvalue weighted by Crippen LogP contribution is -2.40. The summed E-state index contributed by atoms with van der Waals surface area (Å²) in [5, 5.41) is 0.674. The second-order valence-electron chi connectivity index (χ2n) is 1.84. The summed E-state index contributed by atoms with van der Waals surface area (Å²) in [6.07, 6.45) is 1.60. The molecule has 0 aromatic carbocycles. The molecule has 1 N–H and O–H groups in total. The maximum absolute atomic E-state index is 10.6. The molecule has 3 amide bonds. The Morgan fingerprint density at radius 3 is 2.20 bits per heavy atom. The van der Waals surface area contributed by atoms with Gasteiger partial charge in [0.25, 0.3) is 0 Å². The lowest BCUT2D eigenvalue weighted by Gasteiger charge is -2.08. The second kappa shape index (κ2) is 2.47. The predicted octanol–water partition coefficient (Wildman–Crippen LogP) is -1.29. The zero-order chi connectivity index (χ0) is 7.56. The minimum absolute atomic E-state index is 0.174. The molecule has 1 saturated heterocycles. The van der Waals surface area contributed by atoms with Crippen LogP contribution in [-0.4, -0.2) is 23.2 Å². The molecule has 5 nitrogen and oxygen atoms in total. The van der Waals surface area contributed by atoms with Crippen LogP contribution in [0, 0.1) is 0 Å². The van der Waals surface area contributed by atoms with Crippen LogP contribution in [0.15, 0.2) is 0 Å². The molecule has 0 aromatic rings. The summed E-state index contributed by atoms with van der Waals surface area (Å²) in [5.41, 5.74) is 1.87. The van der Waals surface area contributed by atoms with Crippen LogP contribution in [0.3, 0.4) is 0 Å². The summed E-state index contributed by atoms with van der Waals surface area (Å²) < 4.78 is 0. The Morgan fingerprint density at radius 2 is 1.80 bits per heavy atom. The highest BCUT2D eigenvalue weighted by Crippen LogP contribution is 2.07. The van der Waals surface area contributed by atoms with E-state index in [0.717, 1.165) is 0 Å². The van der Waals surface area contributed by atoms with Crippen molar-refractivity contribution >= 4 is 18.2 Å². The summed E-state index contributed by atoms with van der Waals surface area (Å²) in [7, 11) is 0. The van der Waals surface area contributed by atoms with E-state index >= 15 is 0 Å². The normalized spacial score (nSPS) is 17.8. The van der Waals surface area contributed by atoms with Crippen molar-refractivity contribution < 1.29 is 14.4 Å². The Kier molecular flexibility index (Phi) is 1.66. The van der Waals surface area contributed by atoms with Crippen LogP contribution in [0.5, 0.6) is 0 Å². The van der Waals surface area contributed by atoms with E-state index in [-0.39, 0.29) is 24.7 Å². The number of hydrogen-bond donors (Lipinski definition) is 1. The molecule has 0 aromatic heterocycles. The number of imide groups is 1. The van der Waals surface area contributed by atoms with E-state index in [4.69, 9.17) is 0 Å². The largest absolute Gasteiger partial charge is 0.330 e.